The van der Waals surface area contributed by atoms with Gasteiger partial charge in [0.15, 0.2) is 0 Å². The molecule has 1 unspecified atom stereocenters. The van der Waals surface area contributed by atoms with Crippen molar-refractivity contribution in [2.75, 3.05) is 0 Å². The summed E-state index contributed by atoms with van der Waals surface area (Å²) in [6, 6.07) is 0. The van der Waals surface area contributed by atoms with Gasteiger partial charge < -0.3 is 0 Å². The fraction of sp³-hybridized carbons (Fsp3) is 0.625. The van der Waals surface area contributed by atoms with Crippen LogP contribution in [0.25, 0.3) is 0 Å². The van der Waals surface area contributed by atoms with Crippen LogP contribution in [0.1, 0.15) is 19.8 Å². The van der Waals surface area contributed by atoms with E-state index >= 15 is 0 Å². The molecule has 0 bridgehead atoms. The van der Waals surface area contributed by atoms with Gasteiger partial charge in [0, 0.05) is 12.3 Å². The fourth-order valence-corrected chi connectivity index (χ4v) is 1.35. The number of ketones is 1. The molecular formula is C8H12O. The van der Waals surface area contributed by atoms with Gasteiger partial charge >= 0.3 is 0 Å². The van der Waals surface area contributed by atoms with Gasteiger partial charge in [-0.05, 0) is 12.3 Å². The molecule has 1 rings (SSSR count). The molecule has 2 atom stereocenters. The second-order valence-electron chi connectivity index (χ2n) is 2.69. The van der Waals surface area contributed by atoms with Crippen molar-refractivity contribution in [1.29, 1.82) is 0 Å². The maximum atomic E-state index is 10.9. The van der Waals surface area contributed by atoms with E-state index in [4.69, 9.17) is 0 Å². The van der Waals surface area contributed by atoms with Gasteiger partial charge in [0.2, 0.25) is 0 Å². The summed E-state index contributed by atoms with van der Waals surface area (Å²) in [5.41, 5.74) is 0. The highest BCUT2D eigenvalue weighted by molar-refractivity contribution is 5.83. The van der Waals surface area contributed by atoms with Crippen LogP contribution >= 0.6 is 0 Å². The van der Waals surface area contributed by atoms with Gasteiger partial charge in [0.1, 0.15) is 5.78 Å². The van der Waals surface area contributed by atoms with Crippen molar-refractivity contribution >= 4 is 5.78 Å². The zero-order valence-corrected chi connectivity index (χ0v) is 5.76. The van der Waals surface area contributed by atoms with Crippen molar-refractivity contribution in [3.63, 3.8) is 0 Å². The van der Waals surface area contributed by atoms with Crippen LogP contribution in [0.4, 0.5) is 0 Å². The SMILES string of the molecule is C=CC1CCC(=O)[C@H]1C. The van der Waals surface area contributed by atoms with Crippen molar-refractivity contribution in [3.05, 3.63) is 12.7 Å². The van der Waals surface area contributed by atoms with E-state index in [0.717, 1.165) is 12.8 Å². The standard InChI is InChI=1S/C8H12O/c1-3-7-4-5-8(9)6(7)2/h3,6-7H,1,4-5H2,2H3/t6-,7?/m0/s1. The normalized spacial score (nSPS) is 35.0. The molecule has 1 aliphatic rings. The Morgan fingerprint density at radius 2 is 2.44 bits per heavy atom. The summed E-state index contributed by atoms with van der Waals surface area (Å²) in [6.07, 6.45) is 3.68. The van der Waals surface area contributed by atoms with Crippen molar-refractivity contribution in [2.45, 2.75) is 19.8 Å². The van der Waals surface area contributed by atoms with Crippen molar-refractivity contribution in [2.24, 2.45) is 11.8 Å². The van der Waals surface area contributed by atoms with Crippen LogP contribution in [-0.4, -0.2) is 5.78 Å². The van der Waals surface area contributed by atoms with Crippen molar-refractivity contribution < 1.29 is 4.79 Å². The van der Waals surface area contributed by atoms with Gasteiger partial charge in [-0.2, -0.15) is 0 Å². The van der Waals surface area contributed by atoms with Crippen LogP contribution in [0, 0.1) is 11.8 Å². The smallest absolute Gasteiger partial charge is 0.136 e. The third-order valence-corrected chi connectivity index (χ3v) is 2.18. The quantitative estimate of drug-likeness (QED) is 0.487. The molecule has 1 aliphatic carbocycles. The number of hydrogen-bond acceptors (Lipinski definition) is 1. The fourth-order valence-electron chi connectivity index (χ4n) is 1.35. The summed E-state index contributed by atoms with van der Waals surface area (Å²) in [4.78, 5) is 10.9. The van der Waals surface area contributed by atoms with Gasteiger partial charge in [0.25, 0.3) is 0 Å². The highest BCUT2D eigenvalue weighted by Crippen LogP contribution is 2.28. The predicted octanol–water partition coefficient (Wildman–Crippen LogP) is 1.79. The summed E-state index contributed by atoms with van der Waals surface area (Å²) in [5, 5.41) is 0. The number of carbonyl (C=O) groups is 1. The Labute approximate surface area is 55.8 Å². The molecule has 0 N–H and O–H groups in total. The van der Waals surface area contributed by atoms with E-state index in [1.807, 2.05) is 13.0 Å². The molecule has 0 heterocycles. The molecule has 0 aliphatic heterocycles. The van der Waals surface area contributed by atoms with E-state index in [1.165, 1.54) is 0 Å². The number of allylic oxidation sites excluding steroid dienone is 1. The van der Waals surface area contributed by atoms with Crippen molar-refractivity contribution in [1.82, 2.24) is 0 Å². The lowest BCUT2D eigenvalue weighted by molar-refractivity contribution is -0.120. The lowest BCUT2D eigenvalue weighted by Gasteiger charge is -2.05. The molecule has 50 valence electrons. The van der Waals surface area contributed by atoms with Crippen LogP contribution in [0.2, 0.25) is 0 Å². The summed E-state index contributed by atoms with van der Waals surface area (Å²) < 4.78 is 0. The summed E-state index contributed by atoms with van der Waals surface area (Å²) in [7, 11) is 0. The molecule has 0 radical (unpaired) electrons. The molecule has 0 amide bonds. The first-order chi connectivity index (χ1) is 4.25. The molecule has 9 heavy (non-hydrogen) atoms. The molecule has 1 fully saturated rings. The third kappa shape index (κ3) is 1.04. The highest BCUT2D eigenvalue weighted by Gasteiger charge is 2.27. The Hall–Kier alpha value is -0.590. The minimum absolute atomic E-state index is 0.238. The van der Waals surface area contributed by atoms with Crippen LogP contribution in [-0.2, 0) is 4.79 Å². The topological polar surface area (TPSA) is 17.1 Å². The predicted molar refractivity (Wildman–Crippen MR) is 37.1 cm³/mol. The maximum Gasteiger partial charge on any atom is 0.136 e. The Morgan fingerprint density at radius 1 is 1.78 bits per heavy atom. The van der Waals surface area contributed by atoms with E-state index in [2.05, 4.69) is 6.58 Å². The summed E-state index contributed by atoms with van der Waals surface area (Å²) in [5.74, 6) is 1.10. The van der Waals surface area contributed by atoms with E-state index in [0.29, 0.717) is 11.7 Å². The molecule has 1 nitrogen and oxygen atoms in total. The summed E-state index contributed by atoms with van der Waals surface area (Å²) >= 11 is 0. The Balaban J connectivity index is 2.61. The van der Waals surface area contributed by atoms with Gasteiger partial charge in [-0.15, -0.1) is 6.58 Å². The molecule has 0 aromatic rings. The second-order valence-corrected chi connectivity index (χ2v) is 2.69. The van der Waals surface area contributed by atoms with Crippen molar-refractivity contribution in [3.8, 4) is 0 Å². The molecule has 0 saturated heterocycles. The van der Waals surface area contributed by atoms with Gasteiger partial charge in [-0.25, -0.2) is 0 Å². The zero-order valence-electron chi connectivity index (χ0n) is 5.76. The van der Waals surface area contributed by atoms with Gasteiger partial charge in [-0.1, -0.05) is 13.0 Å². The van der Waals surface area contributed by atoms with Gasteiger partial charge in [0.05, 0.1) is 0 Å². The lowest BCUT2D eigenvalue weighted by Crippen LogP contribution is -2.07. The molecule has 0 spiro atoms. The van der Waals surface area contributed by atoms with Crippen LogP contribution in [0.3, 0.4) is 0 Å². The number of carbonyl (C=O) groups excluding carboxylic acids is 1. The average Bonchev–Trinajstić information content (AvgIpc) is 2.15. The largest absolute Gasteiger partial charge is 0.299 e. The molecule has 1 saturated carbocycles. The molecular weight excluding hydrogens is 112 g/mol. The molecule has 1 heteroatoms. The maximum absolute atomic E-state index is 10.9. The monoisotopic (exact) mass is 124 g/mol. The highest BCUT2D eigenvalue weighted by atomic mass is 16.1. The third-order valence-electron chi connectivity index (χ3n) is 2.18. The first-order valence-corrected chi connectivity index (χ1v) is 3.41. The first-order valence-electron chi connectivity index (χ1n) is 3.41. The lowest BCUT2D eigenvalue weighted by atomic mass is 9.98. The van der Waals surface area contributed by atoms with E-state index in [1.54, 1.807) is 0 Å². The minimum atomic E-state index is 0.238. The van der Waals surface area contributed by atoms with Crippen LogP contribution in [0.15, 0.2) is 12.7 Å². The average molecular weight is 124 g/mol. The number of Topliss-reactive ketones (excluding diaryl/α,β-unsaturated/α-hetero) is 1. The van der Waals surface area contributed by atoms with Crippen LogP contribution < -0.4 is 0 Å². The second kappa shape index (κ2) is 2.34. The minimum Gasteiger partial charge on any atom is -0.299 e. The van der Waals surface area contributed by atoms with Gasteiger partial charge in [-0.3, -0.25) is 4.79 Å². The first kappa shape index (κ1) is 6.53. The number of rotatable bonds is 1. The van der Waals surface area contributed by atoms with E-state index < -0.39 is 0 Å². The Kier molecular flexibility index (Phi) is 1.70. The summed E-state index contributed by atoms with van der Waals surface area (Å²) in [6.45, 7) is 5.66. The van der Waals surface area contributed by atoms with E-state index in [-0.39, 0.29) is 5.92 Å². The Morgan fingerprint density at radius 3 is 2.67 bits per heavy atom. The number of hydrogen-bond donors (Lipinski definition) is 0. The van der Waals surface area contributed by atoms with Crippen LogP contribution in [0.5, 0.6) is 0 Å². The zero-order chi connectivity index (χ0) is 6.85. The molecule has 0 aromatic heterocycles. The van der Waals surface area contributed by atoms with E-state index in [9.17, 15) is 4.79 Å². The molecule has 0 aromatic carbocycles. The Bertz CT molecular complexity index is 138.